The minimum Gasteiger partial charge on any atom is -0.351 e. The van der Waals surface area contributed by atoms with Crippen LogP contribution >= 0.6 is 11.6 Å². The molecule has 1 saturated heterocycles. The number of halogens is 3. The standard InChI is InChI=1S/C25H25ClF2N4O/c26-20-5-3-17(4-6-20)15-32-16-22(30-14-19-10-21(27)7-8-23(19)28)11-24(32)25(33)31-13-18-2-1-9-29-12-18/h1-10,12,22,24,30H,11,13-16H2,(H,31,33)/t22-,24-/m0/s1. The molecule has 172 valence electrons. The molecule has 0 aliphatic carbocycles. The number of carbonyl (C=O) groups is 1. The number of hydrogen-bond donors (Lipinski definition) is 2. The fourth-order valence-electron chi connectivity index (χ4n) is 4.07. The van der Waals surface area contributed by atoms with Crippen molar-refractivity contribution in [3.63, 3.8) is 0 Å². The van der Waals surface area contributed by atoms with Crippen LogP contribution in [-0.4, -0.2) is 34.4 Å². The van der Waals surface area contributed by atoms with E-state index in [0.717, 1.165) is 23.3 Å². The molecule has 1 aliphatic heterocycles. The van der Waals surface area contributed by atoms with Gasteiger partial charge in [-0.3, -0.25) is 14.7 Å². The highest BCUT2D eigenvalue weighted by molar-refractivity contribution is 6.30. The van der Waals surface area contributed by atoms with E-state index in [1.54, 1.807) is 12.4 Å². The second kappa shape index (κ2) is 10.8. The molecule has 2 aromatic carbocycles. The van der Waals surface area contributed by atoms with Crippen molar-refractivity contribution in [2.75, 3.05) is 6.54 Å². The normalized spacial score (nSPS) is 18.4. The van der Waals surface area contributed by atoms with E-state index in [-0.39, 0.29) is 30.1 Å². The Hall–Kier alpha value is -2.87. The van der Waals surface area contributed by atoms with Gasteiger partial charge in [0.05, 0.1) is 6.04 Å². The summed E-state index contributed by atoms with van der Waals surface area (Å²) in [4.78, 5) is 19.2. The molecule has 0 radical (unpaired) electrons. The van der Waals surface area contributed by atoms with Crippen LogP contribution < -0.4 is 10.6 Å². The van der Waals surface area contributed by atoms with Crippen molar-refractivity contribution in [3.8, 4) is 0 Å². The van der Waals surface area contributed by atoms with Crippen LogP contribution in [0.3, 0.4) is 0 Å². The number of likely N-dealkylation sites (tertiary alicyclic amines) is 1. The van der Waals surface area contributed by atoms with E-state index in [1.165, 1.54) is 6.07 Å². The Bertz CT molecular complexity index is 1080. The van der Waals surface area contributed by atoms with Gasteiger partial charge in [-0.2, -0.15) is 0 Å². The molecule has 1 fully saturated rings. The zero-order chi connectivity index (χ0) is 23.2. The van der Waals surface area contributed by atoms with E-state index < -0.39 is 11.6 Å². The van der Waals surface area contributed by atoms with Gasteiger partial charge in [-0.05, 0) is 53.9 Å². The molecule has 0 spiro atoms. The summed E-state index contributed by atoms with van der Waals surface area (Å²) in [7, 11) is 0. The van der Waals surface area contributed by atoms with Gasteiger partial charge in [-0.15, -0.1) is 0 Å². The quantitative estimate of drug-likeness (QED) is 0.521. The average molecular weight is 471 g/mol. The number of hydrogen-bond acceptors (Lipinski definition) is 4. The van der Waals surface area contributed by atoms with Gasteiger partial charge in [-0.1, -0.05) is 29.8 Å². The van der Waals surface area contributed by atoms with Crippen molar-refractivity contribution in [3.05, 3.63) is 100 Å². The molecule has 0 unspecified atom stereocenters. The highest BCUT2D eigenvalue weighted by atomic mass is 35.5. The molecule has 0 saturated carbocycles. The Morgan fingerprint density at radius 2 is 1.91 bits per heavy atom. The maximum atomic E-state index is 14.0. The number of amides is 1. The lowest BCUT2D eigenvalue weighted by atomic mass is 10.1. The third kappa shape index (κ3) is 6.35. The predicted molar refractivity (Wildman–Crippen MR) is 123 cm³/mol. The van der Waals surface area contributed by atoms with E-state index >= 15 is 0 Å². The molecule has 1 aromatic heterocycles. The highest BCUT2D eigenvalue weighted by Crippen LogP contribution is 2.23. The number of aromatic nitrogens is 1. The number of benzene rings is 2. The van der Waals surface area contributed by atoms with Gasteiger partial charge in [0, 0.05) is 55.2 Å². The summed E-state index contributed by atoms with van der Waals surface area (Å²) in [6.07, 6.45) is 3.97. The highest BCUT2D eigenvalue weighted by Gasteiger charge is 2.36. The van der Waals surface area contributed by atoms with E-state index in [0.29, 0.717) is 31.1 Å². The summed E-state index contributed by atoms with van der Waals surface area (Å²) in [5, 5.41) is 6.94. The molecule has 3 aromatic rings. The van der Waals surface area contributed by atoms with Gasteiger partial charge in [0.15, 0.2) is 0 Å². The lowest BCUT2D eigenvalue weighted by Crippen LogP contribution is -2.42. The van der Waals surface area contributed by atoms with Crippen molar-refractivity contribution in [2.45, 2.75) is 38.1 Å². The van der Waals surface area contributed by atoms with Gasteiger partial charge in [0.2, 0.25) is 5.91 Å². The van der Waals surface area contributed by atoms with Crippen LogP contribution in [0.15, 0.2) is 67.0 Å². The third-order valence-corrected chi connectivity index (χ3v) is 6.04. The SMILES string of the molecule is O=C(NCc1cccnc1)[C@@H]1C[C@H](NCc2cc(F)ccc2F)CN1Cc1ccc(Cl)cc1. The number of pyridine rings is 1. The van der Waals surface area contributed by atoms with E-state index in [9.17, 15) is 13.6 Å². The van der Waals surface area contributed by atoms with Gasteiger partial charge >= 0.3 is 0 Å². The second-order valence-corrected chi connectivity index (χ2v) is 8.64. The zero-order valence-electron chi connectivity index (χ0n) is 18.0. The summed E-state index contributed by atoms with van der Waals surface area (Å²) in [5.74, 6) is -1.00. The number of rotatable bonds is 8. The second-order valence-electron chi connectivity index (χ2n) is 8.20. The van der Waals surface area contributed by atoms with Gasteiger partial charge in [0.25, 0.3) is 0 Å². The Balaban J connectivity index is 1.43. The molecule has 2 heterocycles. The van der Waals surface area contributed by atoms with Crippen LogP contribution in [0, 0.1) is 11.6 Å². The van der Waals surface area contributed by atoms with Crippen LogP contribution in [0.1, 0.15) is 23.1 Å². The van der Waals surface area contributed by atoms with Crippen molar-refractivity contribution in [1.29, 1.82) is 0 Å². The Morgan fingerprint density at radius 1 is 1.09 bits per heavy atom. The van der Waals surface area contributed by atoms with Crippen molar-refractivity contribution < 1.29 is 13.6 Å². The van der Waals surface area contributed by atoms with Gasteiger partial charge in [-0.25, -0.2) is 8.78 Å². The fraction of sp³-hybridized carbons (Fsp3) is 0.280. The average Bonchev–Trinajstić information content (AvgIpc) is 3.23. The molecule has 5 nitrogen and oxygen atoms in total. The number of nitrogens with one attached hydrogen (secondary N) is 2. The predicted octanol–water partition coefficient (Wildman–Crippen LogP) is 4.06. The Morgan fingerprint density at radius 3 is 2.67 bits per heavy atom. The molecule has 33 heavy (non-hydrogen) atoms. The Labute approximate surface area is 196 Å². The third-order valence-electron chi connectivity index (χ3n) is 5.78. The zero-order valence-corrected chi connectivity index (χ0v) is 18.7. The van der Waals surface area contributed by atoms with Gasteiger partial charge in [0.1, 0.15) is 11.6 Å². The van der Waals surface area contributed by atoms with Crippen LogP contribution in [0.25, 0.3) is 0 Å². The molecular weight excluding hydrogens is 446 g/mol. The molecule has 1 amide bonds. The lowest BCUT2D eigenvalue weighted by molar-refractivity contribution is -0.125. The summed E-state index contributed by atoms with van der Waals surface area (Å²) in [6, 6.07) is 14.3. The minimum atomic E-state index is -0.475. The summed E-state index contributed by atoms with van der Waals surface area (Å²) in [5.41, 5.74) is 2.23. The molecule has 2 atom stereocenters. The first kappa shape index (κ1) is 23.3. The lowest BCUT2D eigenvalue weighted by Gasteiger charge is -2.23. The summed E-state index contributed by atoms with van der Waals surface area (Å²) < 4.78 is 27.5. The largest absolute Gasteiger partial charge is 0.351 e. The van der Waals surface area contributed by atoms with Crippen LogP contribution in [0.4, 0.5) is 8.78 Å². The maximum absolute atomic E-state index is 14.0. The molecule has 1 aliphatic rings. The van der Waals surface area contributed by atoms with Crippen molar-refractivity contribution in [1.82, 2.24) is 20.5 Å². The molecule has 2 N–H and O–H groups in total. The maximum Gasteiger partial charge on any atom is 0.237 e. The van der Waals surface area contributed by atoms with E-state index in [4.69, 9.17) is 11.6 Å². The van der Waals surface area contributed by atoms with Crippen LogP contribution in [0.2, 0.25) is 5.02 Å². The van der Waals surface area contributed by atoms with E-state index in [1.807, 2.05) is 36.4 Å². The first-order chi connectivity index (χ1) is 16.0. The molecular formula is C25H25ClF2N4O. The Kier molecular flexibility index (Phi) is 7.65. The summed E-state index contributed by atoms with van der Waals surface area (Å²) >= 11 is 6.00. The molecule has 0 bridgehead atoms. The van der Waals surface area contributed by atoms with Crippen molar-refractivity contribution in [2.24, 2.45) is 0 Å². The molecule has 8 heteroatoms. The monoisotopic (exact) mass is 470 g/mol. The van der Waals surface area contributed by atoms with Crippen molar-refractivity contribution >= 4 is 17.5 Å². The van der Waals surface area contributed by atoms with Crippen LogP contribution in [0.5, 0.6) is 0 Å². The first-order valence-electron chi connectivity index (χ1n) is 10.8. The first-order valence-corrected chi connectivity index (χ1v) is 11.2. The number of carbonyl (C=O) groups excluding carboxylic acids is 1. The van der Waals surface area contributed by atoms with Gasteiger partial charge < -0.3 is 10.6 Å². The number of nitrogens with zero attached hydrogens (tertiary/aromatic N) is 2. The van der Waals surface area contributed by atoms with E-state index in [2.05, 4.69) is 20.5 Å². The topological polar surface area (TPSA) is 57.3 Å². The fourth-order valence-corrected chi connectivity index (χ4v) is 4.19. The van der Waals surface area contributed by atoms with Crippen LogP contribution in [-0.2, 0) is 24.4 Å². The minimum absolute atomic E-state index is 0.0471. The summed E-state index contributed by atoms with van der Waals surface area (Å²) in [6.45, 7) is 1.76. The smallest absolute Gasteiger partial charge is 0.237 e. The molecule has 4 rings (SSSR count).